The summed E-state index contributed by atoms with van der Waals surface area (Å²) in [4.78, 5) is 23.9. The Morgan fingerprint density at radius 2 is 1.64 bits per heavy atom. The van der Waals surface area contributed by atoms with Crippen molar-refractivity contribution >= 4 is 21.7 Å². The first kappa shape index (κ1) is 21.8. The van der Waals surface area contributed by atoms with E-state index in [0.29, 0.717) is 5.56 Å². The van der Waals surface area contributed by atoms with Gasteiger partial charge in [0.2, 0.25) is 15.9 Å². The first-order chi connectivity index (χ1) is 13.3. The number of hydrogen-bond acceptors (Lipinski definition) is 4. The molecule has 1 atom stereocenters. The van der Waals surface area contributed by atoms with Crippen LogP contribution < -0.4 is 5.32 Å². The molecule has 6 nitrogen and oxygen atoms in total. The monoisotopic (exact) mass is 402 g/mol. The van der Waals surface area contributed by atoms with E-state index in [-0.39, 0.29) is 29.2 Å². The number of likely N-dealkylation sites (N-methyl/N-ethyl adjacent to an activating group) is 1. The molecule has 150 valence electrons. The van der Waals surface area contributed by atoms with Gasteiger partial charge in [0.15, 0.2) is 5.78 Å². The second kappa shape index (κ2) is 9.61. The average Bonchev–Trinajstić information content (AvgIpc) is 2.68. The van der Waals surface area contributed by atoms with Crippen LogP contribution in [0.2, 0.25) is 0 Å². The van der Waals surface area contributed by atoms with Crippen molar-refractivity contribution in [2.24, 2.45) is 0 Å². The number of rotatable bonds is 9. The van der Waals surface area contributed by atoms with Crippen molar-refractivity contribution in [1.82, 2.24) is 9.62 Å². The number of carbonyl (C=O) groups excluding carboxylic acids is 2. The van der Waals surface area contributed by atoms with E-state index < -0.39 is 10.0 Å². The zero-order valence-electron chi connectivity index (χ0n) is 16.4. The Kier molecular flexibility index (Phi) is 7.48. The number of hydrogen-bond donors (Lipinski definition) is 1. The van der Waals surface area contributed by atoms with Crippen LogP contribution in [0.15, 0.2) is 59.5 Å². The van der Waals surface area contributed by atoms with Crippen LogP contribution in [-0.4, -0.2) is 38.0 Å². The molecule has 0 spiro atoms. The molecule has 1 N–H and O–H groups in total. The van der Waals surface area contributed by atoms with E-state index in [1.807, 2.05) is 37.3 Å². The summed E-state index contributed by atoms with van der Waals surface area (Å²) in [6.45, 7) is 3.16. The molecule has 0 saturated heterocycles. The maximum atomic E-state index is 12.7. The molecule has 0 saturated carbocycles. The normalized spacial score (nSPS) is 12.6. The second-order valence-corrected chi connectivity index (χ2v) is 8.71. The van der Waals surface area contributed by atoms with E-state index in [1.165, 1.54) is 38.2 Å². The lowest BCUT2D eigenvalue weighted by atomic mass is 10.0. The van der Waals surface area contributed by atoms with Crippen molar-refractivity contribution in [3.63, 3.8) is 0 Å². The summed E-state index contributed by atoms with van der Waals surface area (Å²) in [5.74, 6) is -0.506. The van der Waals surface area contributed by atoms with Crippen molar-refractivity contribution in [1.29, 1.82) is 0 Å². The highest BCUT2D eigenvalue weighted by molar-refractivity contribution is 7.89. The van der Waals surface area contributed by atoms with E-state index in [2.05, 4.69) is 5.32 Å². The summed E-state index contributed by atoms with van der Waals surface area (Å²) < 4.78 is 26.4. The van der Waals surface area contributed by atoms with E-state index in [9.17, 15) is 18.0 Å². The van der Waals surface area contributed by atoms with E-state index >= 15 is 0 Å². The Labute approximate surface area is 166 Å². The van der Waals surface area contributed by atoms with E-state index in [1.54, 1.807) is 0 Å². The molecule has 0 aliphatic rings. The maximum absolute atomic E-state index is 12.7. The standard InChI is InChI=1S/C21H26N2O4S/c1-4-8-20(18-9-6-5-7-10-18)22-21(25)15-23(3)28(26,27)19-13-11-17(12-14-19)16(2)24/h5-7,9-14,20H,4,8,15H2,1-3H3,(H,22,25). The minimum Gasteiger partial charge on any atom is -0.348 e. The Hall–Kier alpha value is -2.51. The number of nitrogens with one attached hydrogen (secondary N) is 1. The van der Waals surface area contributed by atoms with Gasteiger partial charge < -0.3 is 5.32 Å². The summed E-state index contributed by atoms with van der Waals surface area (Å²) in [5, 5.41) is 2.92. The number of amides is 1. The van der Waals surface area contributed by atoms with E-state index in [0.717, 1.165) is 22.7 Å². The molecule has 0 fully saturated rings. The van der Waals surface area contributed by atoms with Crippen molar-refractivity contribution < 1.29 is 18.0 Å². The first-order valence-electron chi connectivity index (χ1n) is 9.17. The molecule has 0 aliphatic carbocycles. The highest BCUT2D eigenvalue weighted by Crippen LogP contribution is 2.19. The molecule has 2 aromatic carbocycles. The molecule has 0 radical (unpaired) electrons. The van der Waals surface area contributed by atoms with Crippen LogP contribution in [-0.2, 0) is 14.8 Å². The molecule has 0 heterocycles. The summed E-state index contributed by atoms with van der Waals surface area (Å²) in [5.41, 5.74) is 1.42. The summed E-state index contributed by atoms with van der Waals surface area (Å²) in [7, 11) is -2.46. The summed E-state index contributed by atoms with van der Waals surface area (Å²) >= 11 is 0. The maximum Gasteiger partial charge on any atom is 0.243 e. The zero-order valence-corrected chi connectivity index (χ0v) is 17.2. The highest BCUT2D eigenvalue weighted by atomic mass is 32.2. The molecule has 2 aromatic rings. The van der Waals surface area contributed by atoms with Crippen molar-refractivity contribution in [2.75, 3.05) is 13.6 Å². The van der Waals surface area contributed by atoms with E-state index in [4.69, 9.17) is 0 Å². The van der Waals surface area contributed by atoms with Gasteiger partial charge in [-0.25, -0.2) is 8.42 Å². The smallest absolute Gasteiger partial charge is 0.243 e. The molecule has 28 heavy (non-hydrogen) atoms. The third-order valence-electron chi connectivity index (χ3n) is 4.45. The lowest BCUT2D eigenvalue weighted by molar-refractivity contribution is -0.121. The Balaban J connectivity index is 2.08. The van der Waals surface area contributed by atoms with Crippen LogP contribution in [0.5, 0.6) is 0 Å². The van der Waals surface area contributed by atoms with Crippen LogP contribution in [0.3, 0.4) is 0 Å². The third-order valence-corrected chi connectivity index (χ3v) is 6.27. The molecule has 2 rings (SSSR count). The predicted molar refractivity (Wildman–Crippen MR) is 108 cm³/mol. The van der Waals surface area contributed by atoms with Crippen LogP contribution in [0.25, 0.3) is 0 Å². The molecule has 0 aromatic heterocycles. The fraction of sp³-hybridized carbons (Fsp3) is 0.333. The van der Waals surface area contributed by atoms with Gasteiger partial charge in [-0.15, -0.1) is 0 Å². The van der Waals surface area contributed by atoms with Gasteiger partial charge in [-0.1, -0.05) is 55.8 Å². The summed E-state index contributed by atoms with van der Waals surface area (Å²) in [6, 6.07) is 15.1. The number of nitrogens with zero attached hydrogens (tertiary/aromatic N) is 1. The fourth-order valence-electron chi connectivity index (χ4n) is 2.86. The number of Topliss-reactive ketones (excluding diaryl/α,β-unsaturated/α-hetero) is 1. The molecular weight excluding hydrogens is 376 g/mol. The van der Waals surface area contributed by atoms with Gasteiger partial charge in [0.25, 0.3) is 0 Å². The Morgan fingerprint density at radius 3 is 2.18 bits per heavy atom. The van der Waals surface area contributed by atoms with Gasteiger partial charge in [-0.05, 0) is 31.0 Å². The molecule has 7 heteroatoms. The minimum absolute atomic E-state index is 0.0426. The number of sulfonamides is 1. The van der Waals surface area contributed by atoms with Gasteiger partial charge >= 0.3 is 0 Å². The summed E-state index contributed by atoms with van der Waals surface area (Å²) in [6.07, 6.45) is 1.65. The van der Waals surface area contributed by atoms with Crippen molar-refractivity contribution in [3.05, 3.63) is 65.7 Å². The number of benzene rings is 2. The largest absolute Gasteiger partial charge is 0.348 e. The fourth-order valence-corrected chi connectivity index (χ4v) is 3.99. The van der Waals surface area contributed by atoms with Crippen LogP contribution in [0, 0.1) is 0 Å². The molecule has 1 unspecified atom stereocenters. The van der Waals surface area contributed by atoms with Gasteiger partial charge in [0.05, 0.1) is 17.5 Å². The van der Waals surface area contributed by atoms with Crippen LogP contribution in [0.1, 0.15) is 48.7 Å². The zero-order chi connectivity index (χ0) is 20.7. The lowest BCUT2D eigenvalue weighted by Crippen LogP contribution is -2.39. The Morgan fingerprint density at radius 1 is 1.04 bits per heavy atom. The number of carbonyl (C=O) groups is 2. The van der Waals surface area contributed by atoms with Gasteiger partial charge in [-0.3, -0.25) is 9.59 Å². The Bertz CT molecular complexity index is 909. The topological polar surface area (TPSA) is 83.6 Å². The molecule has 0 aliphatic heterocycles. The van der Waals surface area contributed by atoms with Gasteiger partial charge in [0, 0.05) is 12.6 Å². The highest BCUT2D eigenvalue weighted by Gasteiger charge is 2.24. The predicted octanol–water partition coefficient (Wildman–Crippen LogP) is 3.17. The molecule has 0 bridgehead atoms. The molecule has 1 amide bonds. The lowest BCUT2D eigenvalue weighted by Gasteiger charge is -2.21. The molecular formula is C21H26N2O4S. The van der Waals surface area contributed by atoms with Crippen LogP contribution >= 0.6 is 0 Å². The quantitative estimate of drug-likeness (QED) is 0.653. The van der Waals surface area contributed by atoms with Crippen molar-refractivity contribution in [3.8, 4) is 0 Å². The number of ketones is 1. The van der Waals surface area contributed by atoms with Gasteiger partial charge in [-0.2, -0.15) is 4.31 Å². The first-order valence-corrected chi connectivity index (χ1v) is 10.6. The van der Waals surface area contributed by atoms with Crippen molar-refractivity contribution in [2.45, 2.75) is 37.6 Å². The minimum atomic E-state index is -3.83. The van der Waals surface area contributed by atoms with Crippen LogP contribution in [0.4, 0.5) is 0 Å². The van der Waals surface area contributed by atoms with Gasteiger partial charge in [0.1, 0.15) is 0 Å². The SMILES string of the molecule is CCCC(NC(=O)CN(C)S(=O)(=O)c1ccc(C(C)=O)cc1)c1ccccc1. The second-order valence-electron chi connectivity index (χ2n) is 6.66. The third kappa shape index (κ3) is 5.50. The average molecular weight is 403 g/mol.